The third kappa shape index (κ3) is 2.37. The summed E-state index contributed by atoms with van der Waals surface area (Å²) in [5.41, 5.74) is 0.641. The maximum Gasteiger partial charge on any atom is 0.334 e. The molecular formula is C12H15N3O3S. The van der Waals surface area contributed by atoms with Gasteiger partial charge in [0.15, 0.2) is 0 Å². The van der Waals surface area contributed by atoms with Gasteiger partial charge in [0.05, 0.1) is 17.2 Å². The average molecular weight is 281 g/mol. The monoisotopic (exact) mass is 281 g/mol. The van der Waals surface area contributed by atoms with E-state index in [1.165, 1.54) is 11.3 Å². The lowest BCUT2D eigenvalue weighted by Gasteiger charge is -2.17. The topological polar surface area (TPSA) is 70.6 Å². The van der Waals surface area contributed by atoms with Gasteiger partial charge in [0, 0.05) is 11.4 Å². The number of hydrogen-bond donors (Lipinski definition) is 0. The van der Waals surface area contributed by atoms with E-state index >= 15 is 0 Å². The minimum Gasteiger partial charge on any atom is -0.263 e. The molecule has 4 amide bonds. The molecule has 0 atom stereocenters. The van der Waals surface area contributed by atoms with Gasteiger partial charge in [0.1, 0.15) is 0 Å². The molecule has 0 saturated carbocycles. The van der Waals surface area contributed by atoms with E-state index in [1.807, 2.05) is 12.3 Å². The molecule has 0 aromatic carbocycles. The summed E-state index contributed by atoms with van der Waals surface area (Å²) in [5.74, 6) is -1.53. The highest BCUT2D eigenvalue weighted by Crippen LogP contribution is 2.19. The molecule has 1 saturated heterocycles. The van der Waals surface area contributed by atoms with Gasteiger partial charge in [-0.2, -0.15) is 0 Å². The summed E-state index contributed by atoms with van der Waals surface area (Å²) in [7, 11) is 0. The van der Waals surface area contributed by atoms with Gasteiger partial charge < -0.3 is 0 Å². The molecular weight excluding hydrogens is 266 g/mol. The van der Waals surface area contributed by atoms with E-state index in [0.717, 1.165) is 21.2 Å². The fourth-order valence-electron chi connectivity index (χ4n) is 1.86. The molecule has 0 aliphatic carbocycles. The number of rotatable bonds is 4. The number of thiazole rings is 1. The third-order valence-corrected chi connectivity index (χ3v) is 3.86. The Morgan fingerprint density at radius 3 is 2.42 bits per heavy atom. The zero-order chi connectivity index (χ0) is 14.2. The fourth-order valence-corrected chi connectivity index (χ4v) is 2.60. The van der Waals surface area contributed by atoms with E-state index in [1.54, 1.807) is 13.8 Å². The Balaban J connectivity index is 2.19. The van der Waals surface area contributed by atoms with Crippen LogP contribution in [0.15, 0.2) is 5.38 Å². The predicted octanol–water partition coefficient (Wildman–Crippen LogP) is 1.40. The van der Waals surface area contributed by atoms with Crippen molar-refractivity contribution in [1.82, 2.24) is 14.8 Å². The van der Waals surface area contributed by atoms with Crippen molar-refractivity contribution in [3.8, 4) is 0 Å². The van der Waals surface area contributed by atoms with Gasteiger partial charge in [-0.05, 0) is 20.3 Å². The van der Waals surface area contributed by atoms with Crippen LogP contribution in [-0.4, -0.2) is 38.7 Å². The van der Waals surface area contributed by atoms with Crippen LogP contribution in [0.1, 0.15) is 31.5 Å². The Labute approximate surface area is 115 Å². The average Bonchev–Trinajstić information content (AvgIpc) is 2.89. The van der Waals surface area contributed by atoms with E-state index in [4.69, 9.17) is 0 Å². The van der Waals surface area contributed by atoms with Gasteiger partial charge in [-0.25, -0.2) is 14.7 Å². The molecule has 19 heavy (non-hydrogen) atoms. The zero-order valence-corrected chi connectivity index (χ0v) is 11.9. The molecule has 0 spiro atoms. The quantitative estimate of drug-likeness (QED) is 0.618. The fraction of sp³-hybridized carbons (Fsp3) is 0.500. The molecule has 1 aromatic heterocycles. The molecule has 7 heteroatoms. The summed E-state index contributed by atoms with van der Waals surface area (Å²) in [6, 6.07) is -0.883. The van der Waals surface area contributed by atoms with Crippen LogP contribution >= 0.6 is 11.3 Å². The first-order valence-electron chi connectivity index (χ1n) is 6.08. The van der Waals surface area contributed by atoms with Crippen LogP contribution < -0.4 is 0 Å². The maximum absolute atomic E-state index is 12.0. The van der Waals surface area contributed by atoms with Crippen LogP contribution in [0.3, 0.4) is 0 Å². The van der Waals surface area contributed by atoms with Crippen molar-refractivity contribution >= 4 is 29.2 Å². The van der Waals surface area contributed by atoms with Gasteiger partial charge in [-0.15, -0.1) is 11.3 Å². The number of urea groups is 1. The highest BCUT2D eigenvalue weighted by atomic mass is 32.1. The Morgan fingerprint density at radius 2 is 1.95 bits per heavy atom. The first kappa shape index (κ1) is 13.7. The number of carbonyl (C=O) groups excluding carboxylic acids is 3. The van der Waals surface area contributed by atoms with Crippen molar-refractivity contribution < 1.29 is 14.4 Å². The van der Waals surface area contributed by atoms with E-state index in [0.29, 0.717) is 5.69 Å². The largest absolute Gasteiger partial charge is 0.334 e. The Morgan fingerprint density at radius 1 is 1.26 bits per heavy atom. The lowest BCUT2D eigenvalue weighted by molar-refractivity contribution is -0.144. The number of carbonyl (C=O) groups is 3. The minimum atomic E-state index is -0.773. The van der Waals surface area contributed by atoms with E-state index in [-0.39, 0.29) is 12.6 Å². The molecule has 0 radical (unpaired) electrons. The van der Waals surface area contributed by atoms with Gasteiger partial charge >= 0.3 is 17.8 Å². The van der Waals surface area contributed by atoms with Crippen molar-refractivity contribution in [3.63, 3.8) is 0 Å². The van der Waals surface area contributed by atoms with Crippen molar-refractivity contribution in [2.45, 2.75) is 39.8 Å². The summed E-state index contributed by atoms with van der Waals surface area (Å²) in [4.78, 5) is 41.8. The van der Waals surface area contributed by atoms with Crippen molar-refractivity contribution in [2.75, 3.05) is 0 Å². The number of imide groups is 2. The van der Waals surface area contributed by atoms with Crippen LogP contribution in [0.2, 0.25) is 0 Å². The highest BCUT2D eigenvalue weighted by molar-refractivity contribution is 7.09. The smallest absolute Gasteiger partial charge is 0.263 e. The summed E-state index contributed by atoms with van der Waals surface area (Å²) >= 11 is 1.48. The van der Waals surface area contributed by atoms with E-state index < -0.39 is 17.8 Å². The molecule has 1 aliphatic rings. The normalized spacial score (nSPS) is 16.1. The van der Waals surface area contributed by atoms with E-state index in [9.17, 15) is 14.4 Å². The second kappa shape index (κ2) is 5.08. The van der Waals surface area contributed by atoms with E-state index in [2.05, 4.69) is 4.98 Å². The number of hydrogen-bond acceptors (Lipinski definition) is 5. The molecule has 2 rings (SSSR count). The first-order chi connectivity index (χ1) is 8.95. The molecule has 2 heterocycles. The van der Waals surface area contributed by atoms with Crippen LogP contribution in [0, 0.1) is 0 Å². The Bertz CT molecular complexity index is 538. The highest BCUT2D eigenvalue weighted by Gasteiger charge is 2.45. The van der Waals surface area contributed by atoms with Gasteiger partial charge in [-0.3, -0.25) is 14.5 Å². The maximum atomic E-state index is 12.0. The molecule has 0 bridgehead atoms. The second-order valence-electron chi connectivity index (χ2n) is 4.53. The third-order valence-electron chi connectivity index (χ3n) is 2.82. The van der Waals surface area contributed by atoms with Crippen LogP contribution in [-0.2, 0) is 22.6 Å². The lowest BCUT2D eigenvalue weighted by atomic mass is 10.3. The second-order valence-corrected chi connectivity index (χ2v) is 5.47. The van der Waals surface area contributed by atoms with Crippen molar-refractivity contribution in [3.05, 3.63) is 16.1 Å². The molecule has 102 valence electrons. The molecule has 1 fully saturated rings. The Hall–Kier alpha value is -1.76. The predicted molar refractivity (Wildman–Crippen MR) is 69.4 cm³/mol. The molecule has 6 nitrogen and oxygen atoms in total. The summed E-state index contributed by atoms with van der Waals surface area (Å²) in [6.07, 6.45) is 0.809. The molecule has 0 N–H and O–H groups in total. The van der Waals surface area contributed by atoms with Crippen LogP contribution in [0.4, 0.5) is 4.79 Å². The number of aryl methyl sites for hydroxylation is 1. The minimum absolute atomic E-state index is 0.0587. The SMILES string of the molecule is CCc1nc(CN2C(=O)C(=O)N(C(C)C)C2=O)cs1. The van der Waals surface area contributed by atoms with Crippen LogP contribution in [0.25, 0.3) is 0 Å². The number of nitrogens with zero attached hydrogens (tertiary/aromatic N) is 3. The molecule has 1 aromatic rings. The van der Waals surface area contributed by atoms with Crippen LogP contribution in [0.5, 0.6) is 0 Å². The van der Waals surface area contributed by atoms with Gasteiger partial charge in [-0.1, -0.05) is 6.92 Å². The number of amides is 4. The van der Waals surface area contributed by atoms with Gasteiger partial charge in [0.2, 0.25) is 0 Å². The van der Waals surface area contributed by atoms with Crippen molar-refractivity contribution in [1.29, 1.82) is 0 Å². The zero-order valence-electron chi connectivity index (χ0n) is 11.0. The first-order valence-corrected chi connectivity index (χ1v) is 6.96. The molecule has 1 aliphatic heterocycles. The standard InChI is InChI=1S/C12H15N3O3S/c1-4-9-13-8(6-19-9)5-14-10(16)11(17)15(7(2)3)12(14)18/h6-7H,4-5H2,1-3H3. The summed E-state index contributed by atoms with van der Waals surface area (Å²) < 4.78 is 0. The summed E-state index contributed by atoms with van der Waals surface area (Å²) in [5, 5.41) is 2.75. The Kier molecular flexibility index (Phi) is 3.66. The van der Waals surface area contributed by atoms with Crippen molar-refractivity contribution in [2.24, 2.45) is 0 Å². The molecule has 0 unspecified atom stereocenters. The summed E-state index contributed by atoms with van der Waals surface area (Å²) in [6.45, 7) is 5.44. The number of aromatic nitrogens is 1. The van der Waals surface area contributed by atoms with Gasteiger partial charge in [0.25, 0.3) is 0 Å². The lowest BCUT2D eigenvalue weighted by Crippen LogP contribution is -2.37.